The van der Waals surface area contributed by atoms with Crippen LogP contribution in [0.1, 0.15) is 15.9 Å². The van der Waals surface area contributed by atoms with Crippen LogP contribution in [0.4, 0.5) is 16.2 Å². The first kappa shape index (κ1) is 27.2. The maximum Gasteiger partial charge on any atom is 0.341 e. The van der Waals surface area contributed by atoms with Crippen molar-refractivity contribution in [2.24, 2.45) is 0 Å². The zero-order valence-electron chi connectivity index (χ0n) is 21.8. The van der Waals surface area contributed by atoms with E-state index < -0.39 is 5.97 Å². The molecule has 2 amide bonds. The third kappa shape index (κ3) is 7.59. The van der Waals surface area contributed by atoms with E-state index in [2.05, 4.69) is 5.32 Å². The Labute approximate surface area is 227 Å². The number of carbonyl (C=O) groups excluding carboxylic acids is 2. The Morgan fingerprint density at radius 3 is 2.13 bits per heavy atom. The summed E-state index contributed by atoms with van der Waals surface area (Å²) in [5, 5.41) is 2.88. The van der Waals surface area contributed by atoms with E-state index in [4.69, 9.17) is 18.9 Å². The van der Waals surface area contributed by atoms with Crippen molar-refractivity contribution in [1.82, 2.24) is 0 Å². The summed E-state index contributed by atoms with van der Waals surface area (Å²) in [5.74, 6) is 1.13. The fourth-order valence-corrected chi connectivity index (χ4v) is 3.83. The number of hydrogen-bond donors (Lipinski definition) is 1. The van der Waals surface area contributed by atoms with Crippen LogP contribution in [0.15, 0.2) is 103 Å². The van der Waals surface area contributed by atoms with Gasteiger partial charge in [0.2, 0.25) is 0 Å². The first-order chi connectivity index (χ1) is 19.1. The minimum absolute atomic E-state index is 0.262. The van der Waals surface area contributed by atoms with Gasteiger partial charge in [-0.2, -0.15) is 0 Å². The van der Waals surface area contributed by atoms with Crippen molar-refractivity contribution >= 4 is 23.4 Å². The van der Waals surface area contributed by atoms with Crippen molar-refractivity contribution in [2.75, 3.05) is 37.6 Å². The zero-order valence-corrected chi connectivity index (χ0v) is 21.8. The molecule has 8 nitrogen and oxygen atoms in total. The van der Waals surface area contributed by atoms with Crippen LogP contribution in [-0.2, 0) is 16.1 Å². The molecule has 0 bridgehead atoms. The van der Waals surface area contributed by atoms with Crippen molar-refractivity contribution in [2.45, 2.75) is 6.61 Å². The number of methoxy groups -OCH3 is 2. The van der Waals surface area contributed by atoms with Crippen molar-refractivity contribution in [3.63, 3.8) is 0 Å². The number of anilines is 2. The molecule has 0 radical (unpaired) electrons. The molecule has 0 fully saturated rings. The van der Waals surface area contributed by atoms with Gasteiger partial charge in [-0.05, 0) is 54.1 Å². The van der Waals surface area contributed by atoms with Gasteiger partial charge in [0.15, 0.2) is 0 Å². The largest absolute Gasteiger partial charge is 0.496 e. The van der Waals surface area contributed by atoms with Crippen LogP contribution in [0.5, 0.6) is 17.2 Å². The van der Waals surface area contributed by atoms with Gasteiger partial charge < -0.3 is 24.3 Å². The van der Waals surface area contributed by atoms with E-state index in [1.807, 2.05) is 84.9 Å². The maximum atomic E-state index is 13.4. The minimum Gasteiger partial charge on any atom is -0.496 e. The van der Waals surface area contributed by atoms with Crippen LogP contribution in [0, 0.1) is 0 Å². The molecule has 0 aliphatic heterocycles. The number of benzene rings is 4. The van der Waals surface area contributed by atoms with Crippen molar-refractivity contribution < 1.29 is 28.5 Å². The summed E-state index contributed by atoms with van der Waals surface area (Å²) in [6, 6.07) is 30.9. The van der Waals surface area contributed by atoms with Gasteiger partial charge in [0.25, 0.3) is 0 Å². The second-order valence-corrected chi connectivity index (χ2v) is 8.44. The van der Waals surface area contributed by atoms with E-state index in [1.54, 1.807) is 23.1 Å². The molecular formula is C31H30N2O6. The van der Waals surface area contributed by atoms with E-state index >= 15 is 0 Å². The van der Waals surface area contributed by atoms with Crippen molar-refractivity contribution in [1.29, 1.82) is 0 Å². The molecule has 8 heteroatoms. The number of ether oxygens (including phenoxy) is 4. The monoisotopic (exact) mass is 526 g/mol. The van der Waals surface area contributed by atoms with Gasteiger partial charge in [-0.3, -0.25) is 4.90 Å². The maximum absolute atomic E-state index is 13.4. The predicted molar refractivity (Wildman–Crippen MR) is 150 cm³/mol. The molecule has 4 aromatic carbocycles. The fraction of sp³-hybridized carbons (Fsp3) is 0.161. The third-order valence-electron chi connectivity index (χ3n) is 5.80. The molecule has 0 heterocycles. The van der Waals surface area contributed by atoms with Gasteiger partial charge >= 0.3 is 12.0 Å². The third-order valence-corrected chi connectivity index (χ3v) is 5.80. The van der Waals surface area contributed by atoms with Crippen LogP contribution in [-0.4, -0.2) is 39.4 Å². The highest BCUT2D eigenvalue weighted by atomic mass is 16.5. The average Bonchev–Trinajstić information content (AvgIpc) is 2.98. The topological polar surface area (TPSA) is 86.3 Å². The first-order valence-corrected chi connectivity index (χ1v) is 12.4. The van der Waals surface area contributed by atoms with Gasteiger partial charge in [-0.25, -0.2) is 9.59 Å². The lowest BCUT2D eigenvalue weighted by atomic mass is 10.2. The molecule has 0 unspecified atom stereocenters. The Bertz CT molecular complexity index is 1360. The molecule has 4 rings (SSSR count). The number of nitrogens with one attached hydrogen (secondary N) is 1. The Balaban J connectivity index is 1.49. The lowest BCUT2D eigenvalue weighted by Crippen LogP contribution is -2.37. The molecule has 39 heavy (non-hydrogen) atoms. The van der Waals surface area contributed by atoms with Gasteiger partial charge in [0, 0.05) is 17.4 Å². The molecule has 0 aromatic heterocycles. The van der Waals surface area contributed by atoms with Gasteiger partial charge in [0.05, 0.1) is 34.0 Å². The standard InChI is InChI=1S/C31H30N2O6/c1-36-29-21-24(13-18-28(29)30(34)37-2)32-31(35)33(19-20-38-22-23-9-5-3-6-10-23)25-14-16-27(17-15-25)39-26-11-7-4-8-12-26/h3-18,21H,19-20,22H2,1-2H3,(H,32,35). The Kier molecular flexibility index (Phi) is 9.52. The summed E-state index contributed by atoms with van der Waals surface area (Å²) in [6.07, 6.45) is 0. The zero-order chi connectivity index (χ0) is 27.5. The van der Waals surface area contributed by atoms with Crippen molar-refractivity contribution in [3.8, 4) is 17.2 Å². The van der Waals surface area contributed by atoms with Crippen LogP contribution >= 0.6 is 0 Å². The molecule has 200 valence electrons. The van der Waals surface area contributed by atoms with E-state index in [9.17, 15) is 9.59 Å². The lowest BCUT2D eigenvalue weighted by Gasteiger charge is -2.24. The molecule has 0 atom stereocenters. The highest BCUT2D eigenvalue weighted by Gasteiger charge is 2.19. The average molecular weight is 527 g/mol. The Morgan fingerprint density at radius 1 is 0.795 bits per heavy atom. The van der Waals surface area contributed by atoms with Crippen LogP contribution < -0.4 is 19.7 Å². The fourth-order valence-electron chi connectivity index (χ4n) is 3.83. The highest BCUT2D eigenvalue weighted by Crippen LogP contribution is 2.27. The Morgan fingerprint density at radius 2 is 1.46 bits per heavy atom. The molecule has 0 saturated heterocycles. The number of urea groups is 1. The first-order valence-electron chi connectivity index (χ1n) is 12.4. The number of esters is 1. The lowest BCUT2D eigenvalue weighted by molar-refractivity contribution is 0.0597. The smallest absolute Gasteiger partial charge is 0.341 e. The van der Waals surface area contributed by atoms with E-state index in [1.165, 1.54) is 14.2 Å². The van der Waals surface area contributed by atoms with Gasteiger partial charge in [0.1, 0.15) is 22.8 Å². The SMILES string of the molecule is COC(=O)c1ccc(NC(=O)N(CCOCc2ccccc2)c2ccc(Oc3ccccc3)cc2)cc1OC. The summed E-state index contributed by atoms with van der Waals surface area (Å²) < 4.78 is 21.8. The highest BCUT2D eigenvalue weighted by molar-refractivity contribution is 6.02. The van der Waals surface area contributed by atoms with E-state index in [-0.39, 0.29) is 11.6 Å². The number of nitrogens with zero attached hydrogens (tertiary/aromatic N) is 1. The molecule has 0 spiro atoms. The second kappa shape index (κ2) is 13.6. The molecule has 4 aromatic rings. The van der Waals surface area contributed by atoms with Gasteiger partial charge in [-0.1, -0.05) is 48.5 Å². The van der Waals surface area contributed by atoms with E-state index in [0.29, 0.717) is 42.6 Å². The van der Waals surface area contributed by atoms with Crippen LogP contribution in [0.25, 0.3) is 0 Å². The summed E-state index contributed by atoms with van der Waals surface area (Å²) in [4.78, 5) is 27.0. The predicted octanol–water partition coefficient (Wildman–Crippen LogP) is 6.53. The molecular weight excluding hydrogens is 496 g/mol. The van der Waals surface area contributed by atoms with E-state index in [0.717, 1.165) is 11.3 Å². The quantitative estimate of drug-likeness (QED) is 0.177. The summed E-state index contributed by atoms with van der Waals surface area (Å²) in [5.41, 5.74) is 2.44. The Hall–Kier alpha value is -4.82. The molecule has 1 N–H and O–H groups in total. The molecule has 0 saturated carbocycles. The normalized spacial score (nSPS) is 10.4. The molecule has 0 aliphatic rings. The number of amides is 2. The number of carbonyl (C=O) groups is 2. The van der Waals surface area contributed by atoms with Crippen LogP contribution in [0.3, 0.4) is 0 Å². The summed E-state index contributed by atoms with van der Waals surface area (Å²) in [6.45, 7) is 1.05. The van der Waals surface area contributed by atoms with Gasteiger partial charge in [-0.15, -0.1) is 0 Å². The van der Waals surface area contributed by atoms with Crippen LogP contribution in [0.2, 0.25) is 0 Å². The summed E-state index contributed by atoms with van der Waals surface area (Å²) >= 11 is 0. The van der Waals surface area contributed by atoms with Crippen molar-refractivity contribution in [3.05, 3.63) is 114 Å². The number of hydrogen-bond acceptors (Lipinski definition) is 6. The summed E-state index contributed by atoms with van der Waals surface area (Å²) in [7, 11) is 2.74. The number of para-hydroxylation sites is 1. The second-order valence-electron chi connectivity index (χ2n) is 8.44. The number of rotatable bonds is 11. The molecule has 0 aliphatic carbocycles. The minimum atomic E-state index is -0.528.